The SMILES string of the molecule is O=C1NC[C@]2(CCCN(Cc3cccc(OCc4ccccn4)c3)CC2)O1. The molecule has 0 radical (unpaired) electrons. The smallest absolute Gasteiger partial charge is 0.407 e. The van der Waals surface area contributed by atoms with Crippen molar-refractivity contribution in [2.75, 3.05) is 19.6 Å². The van der Waals surface area contributed by atoms with Gasteiger partial charge in [-0.1, -0.05) is 18.2 Å². The van der Waals surface area contributed by atoms with E-state index in [0.717, 1.165) is 50.3 Å². The van der Waals surface area contributed by atoms with Gasteiger partial charge in [-0.25, -0.2) is 4.79 Å². The molecule has 0 bridgehead atoms. The normalized spacial score (nSPS) is 22.9. The lowest BCUT2D eigenvalue weighted by molar-refractivity contribution is 0.0443. The molecule has 142 valence electrons. The highest BCUT2D eigenvalue weighted by atomic mass is 16.6. The van der Waals surface area contributed by atoms with E-state index in [0.29, 0.717) is 13.2 Å². The fourth-order valence-corrected chi connectivity index (χ4v) is 3.80. The number of hydrogen-bond donors (Lipinski definition) is 1. The van der Waals surface area contributed by atoms with Gasteiger partial charge in [0.15, 0.2) is 0 Å². The van der Waals surface area contributed by atoms with Crippen LogP contribution >= 0.6 is 0 Å². The number of pyridine rings is 1. The van der Waals surface area contributed by atoms with E-state index in [1.54, 1.807) is 6.20 Å². The van der Waals surface area contributed by atoms with Crippen molar-refractivity contribution in [3.8, 4) is 5.75 Å². The molecule has 6 heteroatoms. The monoisotopic (exact) mass is 367 g/mol. The number of rotatable bonds is 5. The summed E-state index contributed by atoms with van der Waals surface area (Å²) in [6.07, 6.45) is 4.33. The number of likely N-dealkylation sites (tertiary alicyclic amines) is 1. The Kier molecular flexibility index (Phi) is 5.25. The number of carbonyl (C=O) groups is 1. The van der Waals surface area contributed by atoms with Crippen molar-refractivity contribution in [1.29, 1.82) is 0 Å². The second-order valence-corrected chi connectivity index (χ2v) is 7.31. The Morgan fingerprint density at radius 3 is 2.96 bits per heavy atom. The van der Waals surface area contributed by atoms with E-state index in [9.17, 15) is 4.79 Å². The summed E-state index contributed by atoms with van der Waals surface area (Å²) in [5, 5.41) is 2.81. The lowest BCUT2D eigenvalue weighted by Crippen LogP contribution is -2.34. The predicted molar refractivity (Wildman–Crippen MR) is 101 cm³/mol. The highest BCUT2D eigenvalue weighted by Gasteiger charge is 2.41. The fourth-order valence-electron chi connectivity index (χ4n) is 3.80. The number of alkyl carbamates (subject to hydrolysis) is 1. The molecule has 27 heavy (non-hydrogen) atoms. The zero-order valence-electron chi connectivity index (χ0n) is 15.4. The number of amides is 1. The summed E-state index contributed by atoms with van der Waals surface area (Å²) < 4.78 is 11.4. The lowest BCUT2D eigenvalue weighted by atomic mass is 9.95. The molecule has 2 saturated heterocycles. The van der Waals surface area contributed by atoms with Crippen LogP contribution in [0.15, 0.2) is 48.7 Å². The maximum atomic E-state index is 11.4. The molecule has 1 N–H and O–H groups in total. The largest absolute Gasteiger partial charge is 0.487 e. The molecule has 6 nitrogen and oxygen atoms in total. The van der Waals surface area contributed by atoms with E-state index in [1.165, 1.54) is 5.56 Å². The minimum absolute atomic E-state index is 0.277. The van der Waals surface area contributed by atoms with Gasteiger partial charge in [0.05, 0.1) is 12.2 Å². The first-order valence-corrected chi connectivity index (χ1v) is 9.52. The van der Waals surface area contributed by atoms with Crippen molar-refractivity contribution in [2.24, 2.45) is 0 Å². The van der Waals surface area contributed by atoms with Gasteiger partial charge in [-0.15, -0.1) is 0 Å². The quantitative estimate of drug-likeness (QED) is 0.880. The van der Waals surface area contributed by atoms with Crippen LogP contribution in [-0.2, 0) is 17.9 Å². The first-order chi connectivity index (χ1) is 13.2. The van der Waals surface area contributed by atoms with Gasteiger partial charge in [-0.3, -0.25) is 9.88 Å². The van der Waals surface area contributed by atoms with Crippen molar-refractivity contribution in [3.05, 3.63) is 59.9 Å². The number of nitrogens with zero attached hydrogens (tertiary/aromatic N) is 2. The maximum absolute atomic E-state index is 11.4. The predicted octanol–water partition coefficient (Wildman–Crippen LogP) is 3.13. The van der Waals surface area contributed by atoms with Crippen molar-refractivity contribution < 1.29 is 14.3 Å². The number of aromatic nitrogens is 1. The summed E-state index contributed by atoms with van der Waals surface area (Å²) >= 11 is 0. The Morgan fingerprint density at radius 2 is 2.15 bits per heavy atom. The Labute approximate surface area is 159 Å². The van der Waals surface area contributed by atoms with Crippen LogP contribution in [0.5, 0.6) is 5.75 Å². The van der Waals surface area contributed by atoms with Crippen molar-refractivity contribution in [1.82, 2.24) is 15.2 Å². The summed E-state index contributed by atoms with van der Waals surface area (Å²) in [7, 11) is 0. The molecule has 0 saturated carbocycles. The van der Waals surface area contributed by atoms with Crippen LogP contribution in [0, 0.1) is 0 Å². The molecule has 0 unspecified atom stereocenters. The van der Waals surface area contributed by atoms with Crippen LogP contribution in [0.3, 0.4) is 0 Å². The van der Waals surface area contributed by atoms with Crippen LogP contribution in [0.4, 0.5) is 4.79 Å². The second kappa shape index (κ2) is 7.96. The third-order valence-electron chi connectivity index (χ3n) is 5.27. The Hall–Kier alpha value is -2.60. The van der Waals surface area contributed by atoms with Gasteiger partial charge < -0.3 is 14.8 Å². The third kappa shape index (κ3) is 4.57. The van der Waals surface area contributed by atoms with E-state index in [2.05, 4.69) is 27.3 Å². The molecule has 2 fully saturated rings. The van der Waals surface area contributed by atoms with Gasteiger partial charge in [0, 0.05) is 25.7 Å². The highest BCUT2D eigenvalue weighted by Crippen LogP contribution is 2.30. The molecule has 1 amide bonds. The van der Waals surface area contributed by atoms with Gasteiger partial charge >= 0.3 is 6.09 Å². The summed E-state index contributed by atoms with van der Waals surface area (Å²) in [6.45, 7) is 3.91. The second-order valence-electron chi connectivity index (χ2n) is 7.31. The van der Waals surface area contributed by atoms with Crippen molar-refractivity contribution in [2.45, 2.75) is 38.0 Å². The summed E-state index contributed by atoms with van der Waals surface area (Å²) in [4.78, 5) is 18.2. The number of hydrogen-bond acceptors (Lipinski definition) is 5. The van der Waals surface area contributed by atoms with E-state index in [4.69, 9.17) is 9.47 Å². The minimum atomic E-state index is -0.306. The van der Waals surface area contributed by atoms with Crippen LogP contribution < -0.4 is 10.1 Å². The van der Waals surface area contributed by atoms with Gasteiger partial charge in [0.1, 0.15) is 18.0 Å². The molecule has 3 heterocycles. The first kappa shape index (κ1) is 17.8. The molecule has 2 aromatic rings. The molecule has 1 aromatic heterocycles. The third-order valence-corrected chi connectivity index (χ3v) is 5.27. The van der Waals surface area contributed by atoms with Crippen LogP contribution in [0.25, 0.3) is 0 Å². The van der Waals surface area contributed by atoms with Crippen molar-refractivity contribution >= 4 is 6.09 Å². The summed E-state index contributed by atoms with van der Waals surface area (Å²) in [5.41, 5.74) is 1.84. The zero-order chi connectivity index (χ0) is 18.5. The van der Waals surface area contributed by atoms with Crippen LogP contribution in [0.2, 0.25) is 0 Å². The van der Waals surface area contributed by atoms with Crippen LogP contribution in [0.1, 0.15) is 30.5 Å². The molecule has 4 rings (SSSR count). The molecule has 1 atom stereocenters. The van der Waals surface area contributed by atoms with E-state index < -0.39 is 0 Å². The van der Waals surface area contributed by atoms with E-state index in [1.807, 2.05) is 30.3 Å². The average Bonchev–Trinajstić information content (AvgIpc) is 2.95. The number of carbonyl (C=O) groups excluding carboxylic acids is 1. The molecule has 1 aromatic carbocycles. The average molecular weight is 367 g/mol. The van der Waals surface area contributed by atoms with Gasteiger partial charge in [-0.2, -0.15) is 0 Å². The maximum Gasteiger partial charge on any atom is 0.407 e. The Bertz CT molecular complexity index is 783. The fraction of sp³-hybridized carbons (Fsp3) is 0.429. The molecule has 1 spiro atoms. The first-order valence-electron chi connectivity index (χ1n) is 9.52. The molecule has 0 aliphatic carbocycles. The number of nitrogens with one attached hydrogen (secondary N) is 1. The lowest BCUT2D eigenvalue weighted by Gasteiger charge is -2.25. The molecule has 2 aliphatic heterocycles. The molecular weight excluding hydrogens is 342 g/mol. The summed E-state index contributed by atoms with van der Waals surface area (Å²) in [5.74, 6) is 0.860. The van der Waals surface area contributed by atoms with E-state index >= 15 is 0 Å². The standard InChI is InChI=1S/C21H25N3O3/c25-20-23-16-21(27-20)8-4-11-24(12-9-21)14-17-5-3-7-19(13-17)26-15-18-6-1-2-10-22-18/h1-3,5-7,10,13H,4,8-9,11-12,14-16H2,(H,23,25)/t21-/m1/s1. The van der Waals surface area contributed by atoms with E-state index in [-0.39, 0.29) is 11.7 Å². The van der Waals surface area contributed by atoms with Gasteiger partial charge in [0.25, 0.3) is 0 Å². The summed E-state index contributed by atoms with van der Waals surface area (Å²) in [6, 6.07) is 14.1. The number of benzene rings is 1. The zero-order valence-corrected chi connectivity index (χ0v) is 15.4. The van der Waals surface area contributed by atoms with Crippen molar-refractivity contribution in [3.63, 3.8) is 0 Å². The van der Waals surface area contributed by atoms with Gasteiger partial charge in [0.2, 0.25) is 0 Å². The van der Waals surface area contributed by atoms with Crippen LogP contribution in [-0.4, -0.2) is 41.2 Å². The minimum Gasteiger partial charge on any atom is -0.487 e. The Balaban J connectivity index is 1.33. The molecular formula is C21H25N3O3. The van der Waals surface area contributed by atoms with Gasteiger partial charge in [-0.05, 0) is 49.2 Å². The number of ether oxygens (including phenoxy) is 2. The molecule has 2 aliphatic rings. The Morgan fingerprint density at radius 1 is 1.19 bits per heavy atom. The topological polar surface area (TPSA) is 63.7 Å². The highest BCUT2D eigenvalue weighted by molar-refractivity contribution is 5.70.